The quantitative estimate of drug-likeness (QED) is 0.821. The van der Waals surface area contributed by atoms with Gasteiger partial charge >= 0.3 is 5.97 Å². The number of benzene rings is 1. The number of aromatic nitrogens is 1. The Balaban J connectivity index is 1.81. The standard InChI is InChI=1S/C16H20N2O2/c1-20-16(19)8-9-18-11-12(10-17-13-6-7-13)14-4-2-3-5-15(14)18/h2-5,11,13,17H,6-10H2,1H3. The van der Waals surface area contributed by atoms with Crippen LogP contribution in [0, 0.1) is 0 Å². The predicted octanol–water partition coefficient (Wildman–Crippen LogP) is 2.46. The molecular weight excluding hydrogens is 252 g/mol. The number of para-hydroxylation sites is 1. The van der Waals surface area contributed by atoms with Crippen molar-refractivity contribution in [2.75, 3.05) is 7.11 Å². The van der Waals surface area contributed by atoms with Gasteiger partial charge in [-0.15, -0.1) is 0 Å². The fourth-order valence-electron chi connectivity index (χ4n) is 2.50. The molecule has 1 heterocycles. The summed E-state index contributed by atoms with van der Waals surface area (Å²) < 4.78 is 6.86. The van der Waals surface area contributed by atoms with E-state index in [0.29, 0.717) is 19.0 Å². The molecule has 0 spiro atoms. The molecule has 4 heteroatoms. The molecule has 1 fully saturated rings. The van der Waals surface area contributed by atoms with Crippen LogP contribution in [0.3, 0.4) is 0 Å². The number of carbonyl (C=O) groups is 1. The van der Waals surface area contributed by atoms with E-state index in [1.165, 1.54) is 36.4 Å². The Bertz CT molecular complexity index is 614. The fraction of sp³-hybridized carbons (Fsp3) is 0.438. The summed E-state index contributed by atoms with van der Waals surface area (Å²) >= 11 is 0. The van der Waals surface area contributed by atoms with Crippen molar-refractivity contribution in [3.05, 3.63) is 36.0 Å². The van der Waals surface area contributed by atoms with Crippen LogP contribution in [0.1, 0.15) is 24.8 Å². The third-order valence-corrected chi connectivity index (χ3v) is 3.81. The van der Waals surface area contributed by atoms with Crippen LogP contribution in [0.2, 0.25) is 0 Å². The summed E-state index contributed by atoms with van der Waals surface area (Å²) in [5, 5.41) is 4.82. The lowest BCUT2D eigenvalue weighted by atomic mass is 10.2. The third kappa shape index (κ3) is 2.85. The minimum atomic E-state index is -0.166. The molecule has 20 heavy (non-hydrogen) atoms. The molecule has 1 aliphatic rings. The summed E-state index contributed by atoms with van der Waals surface area (Å²) in [5.41, 5.74) is 2.49. The SMILES string of the molecule is COC(=O)CCn1cc(CNC2CC2)c2ccccc21. The summed E-state index contributed by atoms with van der Waals surface area (Å²) in [6, 6.07) is 9.05. The number of aryl methyl sites for hydroxylation is 1. The number of ether oxygens (including phenoxy) is 1. The van der Waals surface area contributed by atoms with Crippen LogP contribution in [0.15, 0.2) is 30.5 Å². The van der Waals surface area contributed by atoms with Gasteiger partial charge in [0, 0.05) is 36.2 Å². The Hall–Kier alpha value is -1.81. The Kier molecular flexibility index (Phi) is 3.74. The maximum atomic E-state index is 11.3. The third-order valence-electron chi connectivity index (χ3n) is 3.81. The topological polar surface area (TPSA) is 43.3 Å². The largest absolute Gasteiger partial charge is 0.469 e. The van der Waals surface area contributed by atoms with Crippen molar-refractivity contribution in [1.82, 2.24) is 9.88 Å². The maximum absolute atomic E-state index is 11.3. The van der Waals surface area contributed by atoms with Crippen LogP contribution >= 0.6 is 0 Å². The Morgan fingerprint density at radius 2 is 2.20 bits per heavy atom. The Morgan fingerprint density at radius 3 is 2.95 bits per heavy atom. The van der Waals surface area contributed by atoms with E-state index < -0.39 is 0 Å². The molecule has 3 rings (SSSR count). The van der Waals surface area contributed by atoms with Gasteiger partial charge in [0.25, 0.3) is 0 Å². The van der Waals surface area contributed by atoms with Crippen LogP contribution in [0.5, 0.6) is 0 Å². The molecule has 0 radical (unpaired) electrons. The van der Waals surface area contributed by atoms with Crippen molar-refractivity contribution in [1.29, 1.82) is 0 Å². The van der Waals surface area contributed by atoms with Crippen LogP contribution < -0.4 is 5.32 Å². The van der Waals surface area contributed by atoms with Gasteiger partial charge in [0.15, 0.2) is 0 Å². The van der Waals surface area contributed by atoms with Crippen molar-refractivity contribution in [2.45, 2.75) is 38.4 Å². The van der Waals surface area contributed by atoms with Crippen molar-refractivity contribution in [2.24, 2.45) is 0 Å². The maximum Gasteiger partial charge on any atom is 0.307 e. The second-order valence-electron chi connectivity index (χ2n) is 5.35. The number of nitrogens with one attached hydrogen (secondary N) is 1. The smallest absolute Gasteiger partial charge is 0.307 e. The first kappa shape index (κ1) is 13.2. The molecule has 0 saturated heterocycles. The highest BCUT2D eigenvalue weighted by atomic mass is 16.5. The molecular formula is C16H20N2O2. The van der Waals surface area contributed by atoms with E-state index in [4.69, 9.17) is 4.74 Å². The van der Waals surface area contributed by atoms with Crippen LogP contribution in [-0.2, 0) is 22.6 Å². The Morgan fingerprint density at radius 1 is 1.40 bits per heavy atom. The van der Waals surface area contributed by atoms with Gasteiger partial charge in [-0.3, -0.25) is 4.79 Å². The lowest BCUT2D eigenvalue weighted by Gasteiger charge is -2.03. The molecule has 1 N–H and O–H groups in total. The molecule has 0 amide bonds. The number of nitrogens with zero attached hydrogens (tertiary/aromatic N) is 1. The second-order valence-corrected chi connectivity index (χ2v) is 5.35. The molecule has 1 aliphatic carbocycles. The number of fused-ring (bicyclic) bond motifs is 1. The number of rotatable bonds is 6. The molecule has 1 aromatic carbocycles. The van der Waals surface area contributed by atoms with Crippen molar-refractivity contribution in [3.8, 4) is 0 Å². The van der Waals surface area contributed by atoms with E-state index in [9.17, 15) is 4.79 Å². The zero-order valence-electron chi connectivity index (χ0n) is 11.8. The van der Waals surface area contributed by atoms with E-state index in [0.717, 1.165) is 6.54 Å². The molecule has 2 aromatic rings. The fourth-order valence-corrected chi connectivity index (χ4v) is 2.50. The molecule has 0 bridgehead atoms. The lowest BCUT2D eigenvalue weighted by molar-refractivity contribution is -0.140. The van der Waals surface area contributed by atoms with Gasteiger partial charge in [0.1, 0.15) is 0 Å². The van der Waals surface area contributed by atoms with Crippen LogP contribution in [0.4, 0.5) is 0 Å². The summed E-state index contributed by atoms with van der Waals surface area (Å²) in [6.45, 7) is 1.56. The molecule has 0 atom stereocenters. The number of hydrogen-bond donors (Lipinski definition) is 1. The number of methoxy groups -OCH3 is 1. The van der Waals surface area contributed by atoms with E-state index in [-0.39, 0.29) is 5.97 Å². The first-order chi connectivity index (χ1) is 9.78. The molecule has 1 saturated carbocycles. The van der Waals surface area contributed by atoms with Gasteiger partial charge in [-0.05, 0) is 24.5 Å². The monoisotopic (exact) mass is 272 g/mol. The van der Waals surface area contributed by atoms with Gasteiger partial charge in [-0.25, -0.2) is 0 Å². The zero-order valence-corrected chi connectivity index (χ0v) is 11.8. The molecule has 4 nitrogen and oxygen atoms in total. The van der Waals surface area contributed by atoms with E-state index >= 15 is 0 Å². The van der Waals surface area contributed by atoms with Crippen molar-refractivity contribution < 1.29 is 9.53 Å². The average molecular weight is 272 g/mol. The van der Waals surface area contributed by atoms with Gasteiger partial charge in [0.2, 0.25) is 0 Å². The van der Waals surface area contributed by atoms with Gasteiger partial charge in [0.05, 0.1) is 13.5 Å². The van der Waals surface area contributed by atoms with E-state index in [1.807, 2.05) is 6.07 Å². The molecule has 0 unspecified atom stereocenters. The molecule has 106 valence electrons. The van der Waals surface area contributed by atoms with Gasteiger partial charge < -0.3 is 14.6 Å². The van der Waals surface area contributed by atoms with Crippen LogP contribution in [0.25, 0.3) is 10.9 Å². The normalized spacial score (nSPS) is 14.7. The Labute approximate surface area is 118 Å². The minimum Gasteiger partial charge on any atom is -0.469 e. The minimum absolute atomic E-state index is 0.166. The predicted molar refractivity (Wildman–Crippen MR) is 78.4 cm³/mol. The number of carbonyl (C=O) groups excluding carboxylic acids is 1. The highest BCUT2D eigenvalue weighted by Gasteiger charge is 2.20. The summed E-state index contributed by atoms with van der Waals surface area (Å²) in [7, 11) is 1.43. The van der Waals surface area contributed by atoms with Crippen molar-refractivity contribution in [3.63, 3.8) is 0 Å². The average Bonchev–Trinajstić information content (AvgIpc) is 3.25. The lowest BCUT2D eigenvalue weighted by Crippen LogP contribution is -2.15. The summed E-state index contributed by atoms with van der Waals surface area (Å²) in [6.07, 6.45) is 5.15. The summed E-state index contributed by atoms with van der Waals surface area (Å²) in [5.74, 6) is -0.166. The number of esters is 1. The first-order valence-corrected chi connectivity index (χ1v) is 7.15. The molecule has 0 aliphatic heterocycles. The highest BCUT2D eigenvalue weighted by molar-refractivity contribution is 5.84. The van der Waals surface area contributed by atoms with Crippen LogP contribution in [-0.4, -0.2) is 23.7 Å². The summed E-state index contributed by atoms with van der Waals surface area (Å²) in [4.78, 5) is 11.3. The van der Waals surface area contributed by atoms with Gasteiger partial charge in [-0.2, -0.15) is 0 Å². The van der Waals surface area contributed by atoms with Crippen molar-refractivity contribution >= 4 is 16.9 Å². The van der Waals surface area contributed by atoms with E-state index in [2.05, 4.69) is 34.3 Å². The number of hydrogen-bond acceptors (Lipinski definition) is 3. The zero-order chi connectivity index (χ0) is 13.9. The van der Waals surface area contributed by atoms with Gasteiger partial charge in [-0.1, -0.05) is 18.2 Å². The van der Waals surface area contributed by atoms with E-state index in [1.54, 1.807) is 0 Å². The second kappa shape index (κ2) is 5.67. The molecule has 1 aromatic heterocycles. The first-order valence-electron chi connectivity index (χ1n) is 7.15. The highest BCUT2D eigenvalue weighted by Crippen LogP contribution is 2.24.